The van der Waals surface area contributed by atoms with Gasteiger partial charge >= 0.3 is 0 Å². The van der Waals surface area contributed by atoms with Crippen molar-refractivity contribution in [1.29, 1.82) is 0 Å². The quantitative estimate of drug-likeness (QED) is 0.422. The molecule has 1 aliphatic carbocycles. The van der Waals surface area contributed by atoms with Crippen LogP contribution in [0.5, 0.6) is 0 Å². The summed E-state index contributed by atoms with van der Waals surface area (Å²) in [6.07, 6.45) is 10.4. The predicted molar refractivity (Wildman–Crippen MR) is 36.8 cm³/mol. The minimum absolute atomic E-state index is 0.218. The second-order valence-corrected chi connectivity index (χ2v) is 2.27. The molecule has 0 aromatic heterocycles. The number of hydrogen-bond acceptors (Lipinski definition) is 0. The van der Waals surface area contributed by atoms with Gasteiger partial charge in [0.15, 0.2) is 0 Å². The summed E-state index contributed by atoms with van der Waals surface area (Å²) in [5.41, 5.74) is 0. The van der Waals surface area contributed by atoms with E-state index in [0.717, 1.165) is 19.3 Å². The van der Waals surface area contributed by atoms with Crippen molar-refractivity contribution >= 4 is 0 Å². The summed E-state index contributed by atoms with van der Waals surface area (Å²) in [4.78, 5) is 0. The van der Waals surface area contributed by atoms with Crippen molar-refractivity contribution in [1.82, 2.24) is 0 Å². The molecule has 0 nitrogen and oxygen atoms in total. The monoisotopic (exact) mass is 111 g/mol. The molecule has 0 aliphatic heterocycles. The lowest BCUT2D eigenvalue weighted by molar-refractivity contribution is 0.638. The molecule has 8 heavy (non-hydrogen) atoms. The lowest BCUT2D eigenvalue weighted by atomic mass is 10.1. The molecule has 0 aromatic rings. The molecule has 0 amide bonds. The fourth-order valence-corrected chi connectivity index (χ4v) is 0.974. The van der Waals surface area contributed by atoms with Crippen molar-refractivity contribution in [3.8, 4) is 0 Å². The van der Waals surface area contributed by atoms with Gasteiger partial charge in [0.2, 0.25) is 0 Å². The van der Waals surface area contributed by atoms with Gasteiger partial charge in [-0.15, -0.1) is 0 Å². The van der Waals surface area contributed by atoms with Crippen molar-refractivity contribution in [2.45, 2.75) is 38.5 Å². The van der Waals surface area contributed by atoms with E-state index in [4.69, 9.17) is 1.37 Å². The summed E-state index contributed by atoms with van der Waals surface area (Å²) in [5, 5.41) is 0. The van der Waals surface area contributed by atoms with E-state index in [2.05, 4.69) is 12.2 Å². The van der Waals surface area contributed by atoms with Gasteiger partial charge in [0.1, 0.15) is 0 Å². The molecule has 46 valence electrons. The number of rotatable bonds is 0. The highest BCUT2D eigenvalue weighted by atomic mass is 14.0. The maximum atomic E-state index is 7.48. The lowest BCUT2D eigenvalue weighted by Crippen LogP contribution is -1.80. The van der Waals surface area contributed by atoms with E-state index >= 15 is 0 Å². The molecular weight excluding hydrogens is 96.1 g/mol. The van der Waals surface area contributed by atoms with E-state index in [0.29, 0.717) is 0 Å². The van der Waals surface area contributed by atoms with Crippen LogP contribution in [0.25, 0.3) is 0 Å². The Balaban J connectivity index is 2.27. The van der Waals surface area contributed by atoms with Crippen LogP contribution in [0.15, 0.2) is 12.2 Å². The first-order valence-corrected chi connectivity index (χ1v) is 3.47. The Morgan fingerprint density at radius 3 is 2.62 bits per heavy atom. The van der Waals surface area contributed by atoms with Crippen molar-refractivity contribution in [3.05, 3.63) is 12.2 Å². The van der Waals surface area contributed by atoms with Crippen molar-refractivity contribution in [2.24, 2.45) is 0 Å². The Labute approximate surface area is 53.0 Å². The molecule has 0 aromatic carbocycles. The largest absolute Gasteiger partial charge is 0.0885 e. The van der Waals surface area contributed by atoms with E-state index in [-0.39, 0.29) is 6.40 Å². The molecule has 0 bridgehead atoms. The summed E-state index contributed by atoms with van der Waals surface area (Å²) in [6, 6.07) is 0. The lowest BCUT2D eigenvalue weighted by Gasteiger charge is -2.00. The SMILES string of the molecule is [2H]C1CC/C=C\CCC1. The van der Waals surface area contributed by atoms with Crippen LogP contribution in [-0.4, -0.2) is 0 Å². The zero-order valence-electron chi connectivity index (χ0n) is 6.27. The third-order valence-electron chi connectivity index (χ3n) is 1.48. The molecule has 0 heterocycles. The van der Waals surface area contributed by atoms with Crippen LogP contribution in [-0.2, 0) is 0 Å². The molecule has 0 heteroatoms. The molecule has 0 fully saturated rings. The molecular formula is C8H14. The van der Waals surface area contributed by atoms with Crippen LogP contribution in [0.4, 0.5) is 0 Å². The van der Waals surface area contributed by atoms with Crippen LogP contribution >= 0.6 is 0 Å². The van der Waals surface area contributed by atoms with E-state index in [1.54, 1.807) is 0 Å². The molecule has 0 spiro atoms. The minimum atomic E-state index is 0.218. The summed E-state index contributed by atoms with van der Waals surface area (Å²) in [7, 11) is 0. The third-order valence-corrected chi connectivity index (χ3v) is 1.48. The van der Waals surface area contributed by atoms with Crippen LogP contribution in [0.2, 0.25) is 0 Å². The van der Waals surface area contributed by atoms with Gasteiger partial charge < -0.3 is 0 Å². The highest BCUT2D eigenvalue weighted by Gasteiger charge is 1.89. The Hall–Kier alpha value is -0.260. The zero-order valence-corrected chi connectivity index (χ0v) is 5.27. The van der Waals surface area contributed by atoms with Crippen molar-refractivity contribution < 1.29 is 1.37 Å². The fourth-order valence-electron chi connectivity index (χ4n) is 0.974. The molecule has 1 unspecified atom stereocenters. The zero-order chi connectivity index (χ0) is 6.53. The van der Waals surface area contributed by atoms with Gasteiger partial charge in [-0.25, -0.2) is 0 Å². The molecule has 0 N–H and O–H groups in total. The smallest absolute Gasteiger partial charge is 0.0267 e. The van der Waals surface area contributed by atoms with Gasteiger partial charge in [-0.2, -0.15) is 0 Å². The van der Waals surface area contributed by atoms with E-state index in [9.17, 15) is 0 Å². The van der Waals surface area contributed by atoms with Crippen molar-refractivity contribution in [2.75, 3.05) is 0 Å². The molecule has 0 saturated heterocycles. The van der Waals surface area contributed by atoms with Gasteiger partial charge in [-0.1, -0.05) is 25.0 Å². The molecule has 0 radical (unpaired) electrons. The molecule has 1 atom stereocenters. The normalized spacial score (nSPS) is 37.0. The van der Waals surface area contributed by atoms with Gasteiger partial charge in [0, 0.05) is 1.37 Å². The molecule has 1 rings (SSSR count). The Bertz CT molecular complexity index is 96.7. The van der Waals surface area contributed by atoms with Crippen molar-refractivity contribution in [3.63, 3.8) is 0 Å². The number of allylic oxidation sites excluding steroid dienone is 2. The maximum absolute atomic E-state index is 7.48. The Morgan fingerprint density at radius 2 is 1.75 bits per heavy atom. The van der Waals surface area contributed by atoms with Gasteiger partial charge in [-0.3, -0.25) is 0 Å². The van der Waals surface area contributed by atoms with Crippen LogP contribution in [0, 0.1) is 0 Å². The van der Waals surface area contributed by atoms with E-state index in [1.165, 1.54) is 12.8 Å². The topological polar surface area (TPSA) is 0 Å². The van der Waals surface area contributed by atoms with E-state index < -0.39 is 0 Å². The molecule has 1 aliphatic rings. The van der Waals surface area contributed by atoms with Crippen LogP contribution in [0.3, 0.4) is 0 Å². The van der Waals surface area contributed by atoms with E-state index in [1.807, 2.05) is 0 Å². The fraction of sp³-hybridized carbons (Fsp3) is 0.750. The highest BCUT2D eigenvalue weighted by molar-refractivity contribution is 4.82. The second-order valence-electron chi connectivity index (χ2n) is 2.27. The maximum Gasteiger partial charge on any atom is 0.0267 e. The second kappa shape index (κ2) is 3.71. The van der Waals surface area contributed by atoms with Gasteiger partial charge in [0.25, 0.3) is 0 Å². The van der Waals surface area contributed by atoms with Gasteiger partial charge in [0.05, 0.1) is 0 Å². The Morgan fingerprint density at radius 1 is 1.00 bits per heavy atom. The van der Waals surface area contributed by atoms with Crippen LogP contribution in [0.1, 0.15) is 39.9 Å². The average molecular weight is 111 g/mol. The first kappa shape index (κ1) is 4.60. The minimum Gasteiger partial charge on any atom is -0.0885 e. The highest BCUT2D eigenvalue weighted by Crippen LogP contribution is 2.09. The summed E-state index contributed by atoms with van der Waals surface area (Å²) in [6.45, 7) is 0. The summed E-state index contributed by atoms with van der Waals surface area (Å²) >= 11 is 0. The summed E-state index contributed by atoms with van der Waals surface area (Å²) in [5.74, 6) is 0. The predicted octanol–water partition coefficient (Wildman–Crippen LogP) is 2.90. The van der Waals surface area contributed by atoms with Crippen LogP contribution < -0.4 is 0 Å². The number of hydrogen-bond donors (Lipinski definition) is 0. The molecule has 0 saturated carbocycles. The average Bonchev–Trinajstić information content (AvgIpc) is 1.79. The Kier molecular flexibility index (Phi) is 2.13. The third kappa shape index (κ3) is 2.15. The summed E-state index contributed by atoms with van der Waals surface area (Å²) < 4.78 is 7.48. The van der Waals surface area contributed by atoms with Gasteiger partial charge in [-0.05, 0) is 25.7 Å². The standard InChI is InChI=1S/C8H14/c1-2-4-6-8-7-5-3-1/h1-2H,3-8H2/b2-1-/i7D. The first-order valence-electron chi connectivity index (χ1n) is 4.04. The first-order chi connectivity index (χ1) is 4.39.